The van der Waals surface area contributed by atoms with Gasteiger partial charge >= 0.3 is 0 Å². The number of aryl methyl sites for hydroxylation is 1. The number of carbonyl (C=O) groups excluding carboxylic acids is 1. The molecule has 0 spiro atoms. The lowest BCUT2D eigenvalue weighted by Crippen LogP contribution is -2.15. The lowest BCUT2D eigenvalue weighted by Gasteiger charge is -2.07. The number of amides is 1. The molecule has 1 aromatic carbocycles. The highest BCUT2D eigenvalue weighted by Crippen LogP contribution is 2.25. The zero-order valence-corrected chi connectivity index (χ0v) is 14.1. The fourth-order valence-corrected chi connectivity index (χ4v) is 2.97. The van der Waals surface area contributed by atoms with Crippen molar-refractivity contribution in [2.24, 2.45) is 0 Å². The molecule has 2 aromatic rings. The van der Waals surface area contributed by atoms with E-state index in [1.54, 1.807) is 25.1 Å². The van der Waals surface area contributed by atoms with Crippen LogP contribution in [0.2, 0.25) is 5.02 Å². The monoisotopic (exact) mass is 387 g/mol. The summed E-state index contributed by atoms with van der Waals surface area (Å²) in [6, 6.07) is 6.59. The molecule has 2 N–H and O–H groups in total. The van der Waals surface area contributed by atoms with E-state index in [4.69, 9.17) is 11.6 Å². The first-order valence-corrected chi connectivity index (χ1v) is 8.05. The number of aromatic amines is 1. The Morgan fingerprint density at radius 1 is 1.48 bits per heavy atom. The first-order valence-electron chi connectivity index (χ1n) is 5.90. The number of halogens is 2. The van der Waals surface area contributed by atoms with Crippen molar-refractivity contribution in [3.05, 3.63) is 49.8 Å². The number of hydrogen-bond acceptors (Lipinski definition) is 4. The number of benzene rings is 1. The van der Waals surface area contributed by atoms with Crippen LogP contribution >= 0.6 is 39.3 Å². The van der Waals surface area contributed by atoms with E-state index >= 15 is 0 Å². The van der Waals surface area contributed by atoms with Gasteiger partial charge in [-0.05, 0) is 25.1 Å². The number of anilines is 1. The van der Waals surface area contributed by atoms with Gasteiger partial charge in [0.05, 0.1) is 16.5 Å². The number of H-pyrrole nitrogens is 1. The molecular formula is C13H11BrClN3O2S. The fourth-order valence-electron chi connectivity index (χ4n) is 1.53. The lowest BCUT2D eigenvalue weighted by atomic mass is 10.3. The summed E-state index contributed by atoms with van der Waals surface area (Å²) in [5.41, 5.74) is 0.912. The van der Waals surface area contributed by atoms with E-state index in [0.29, 0.717) is 21.6 Å². The number of nitrogens with zero attached hydrogens (tertiary/aromatic N) is 1. The smallest absolute Gasteiger partial charge is 0.251 e. The summed E-state index contributed by atoms with van der Waals surface area (Å²) < 4.78 is 0.835. The van der Waals surface area contributed by atoms with Crippen LogP contribution in [0.3, 0.4) is 0 Å². The van der Waals surface area contributed by atoms with Crippen LogP contribution in [0.15, 0.2) is 38.7 Å². The highest BCUT2D eigenvalue weighted by molar-refractivity contribution is 9.10. The van der Waals surface area contributed by atoms with Crippen molar-refractivity contribution in [2.75, 3.05) is 11.1 Å². The van der Waals surface area contributed by atoms with Crippen molar-refractivity contribution in [3.63, 3.8) is 0 Å². The van der Waals surface area contributed by atoms with E-state index in [-0.39, 0.29) is 17.2 Å². The van der Waals surface area contributed by atoms with E-state index in [0.717, 1.165) is 16.2 Å². The van der Waals surface area contributed by atoms with E-state index in [9.17, 15) is 9.59 Å². The summed E-state index contributed by atoms with van der Waals surface area (Å²) in [6.45, 7) is 1.72. The van der Waals surface area contributed by atoms with E-state index in [2.05, 4.69) is 31.2 Å². The third-order valence-electron chi connectivity index (χ3n) is 2.39. The van der Waals surface area contributed by atoms with Gasteiger partial charge < -0.3 is 10.3 Å². The molecule has 1 amide bonds. The average Bonchev–Trinajstić information content (AvgIpc) is 2.39. The molecule has 0 aliphatic heterocycles. The van der Waals surface area contributed by atoms with Crippen LogP contribution in [-0.4, -0.2) is 21.6 Å². The normalized spacial score (nSPS) is 10.4. The molecule has 0 aliphatic carbocycles. The van der Waals surface area contributed by atoms with Gasteiger partial charge in [-0.25, -0.2) is 4.98 Å². The molecule has 110 valence electrons. The summed E-state index contributed by atoms with van der Waals surface area (Å²) >= 11 is 10.5. The van der Waals surface area contributed by atoms with Gasteiger partial charge in [-0.1, -0.05) is 39.3 Å². The van der Waals surface area contributed by atoms with E-state index in [1.807, 2.05) is 0 Å². The van der Waals surface area contributed by atoms with Gasteiger partial charge in [0.15, 0.2) is 5.16 Å². The Morgan fingerprint density at radius 2 is 2.24 bits per heavy atom. The third kappa shape index (κ3) is 4.87. The number of hydrogen-bond donors (Lipinski definition) is 2. The molecule has 2 rings (SSSR count). The molecule has 0 aliphatic rings. The number of thioether (sulfide) groups is 1. The molecule has 0 saturated heterocycles. The van der Waals surface area contributed by atoms with Gasteiger partial charge in [0.25, 0.3) is 5.56 Å². The summed E-state index contributed by atoms with van der Waals surface area (Å²) in [5.74, 6) is -0.105. The van der Waals surface area contributed by atoms with Crippen LogP contribution in [-0.2, 0) is 4.79 Å². The van der Waals surface area contributed by atoms with Crippen LogP contribution in [0.4, 0.5) is 5.69 Å². The maximum absolute atomic E-state index is 11.9. The van der Waals surface area contributed by atoms with Crippen molar-refractivity contribution < 1.29 is 4.79 Å². The summed E-state index contributed by atoms with van der Waals surface area (Å²) in [6.07, 6.45) is 0. The second kappa shape index (κ2) is 7.11. The van der Waals surface area contributed by atoms with E-state index < -0.39 is 0 Å². The minimum atomic E-state index is -0.235. The maximum atomic E-state index is 11.9. The van der Waals surface area contributed by atoms with Gasteiger partial charge in [0.2, 0.25) is 5.91 Å². The molecule has 0 bridgehead atoms. The molecular weight excluding hydrogens is 378 g/mol. The van der Waals surface area contributed by atoms with Gasteiger partial charge in [0, 0.05) is 16.2 Å². The van der Waals surface area contributed by atoms with E-state index in [1.165, 1.54) is 6.07 Å². The Hall–Kier alpha value is -1.31. The standard InChI is InChI=1S/C13H11BrClN3O2S/c1-7-4-11(19)18-13(16-7)21-6-12(20)17-10-3-2-8(14)5-9(10)15/h2-5H,6H2,1H3,(H,17,20)(H,16,18,19). The molecule has 5 nitrogen and oxygen atoms in total. The zero-order valence-electron chi connectivity index (χ0n) is 10.9. The molecule has 0 saturated carbocycles. The molecule has 0 radical (unpaired) electrons. The number of carbonyl (C=O) groups is 1. The fraction of sp³-hybridized carbons (Fsp3) is 0.154. The number of nitrogens with one attached hydrogen (secondary N) is 2. The Labute approximate surface area is 138 Å². The van der Waals surface area contributed by atoms with Crippen molar-refractivity contribution in [3.8, 4) is 0 Å². The van der Waals surface area contributed by atoms with Gasteiger partial charge in [-0.2, -0.15) is 0 Å². The highest BCUT2D eigenvalue weighted by atomic mass is 79.9. The van der Waals surface area contributed by atoms with Crippen LogP contribution < -0.4 is 10.9 Å². The first kappa shape index (κ1) is 16.1. The second-order valence-electron chi connectivity index (χ2n) is 4.15. The second-order valence-corrected chi connectivity index (χ2v) is 6.44. The van der Waals surface area contributed by atoms with Crippen molar-refractivity contribution >= 4 is 50.9 Å². The van der Waals surface area contributed by atoms with Gasteiger partial charge in [-0.3, -0.25) is 9.59 Å². The SMILES string of the molecule is Cc1cc(=O)[nH]c(SCC(=O)Nc2ccc(Br)cc2Cl)n1. The topological polar surface area (TPSA) is 74.8 Å². The molecule has 0 atom stereocenters. The predicted octanol–water partition coefficient (Wildman–Crippen LogP) is 3.23. The Balaban J connectivity index is 1.97. The highest BCUT2D eigenvalue weighted by Gasteiger charge is 2.08. The van der Waals surface area contributed by atoms with Crippen LogP contribution in [0, 0.1) is 6.92 Å². The number of aromatic nitrogens is 2. The quantitative estimate of drug-likeness (QED) is 0.623. The zero-order chi connectivity index (χ0) is 15.4. The van der Waals surface area contributed by atoms with Gasteiger partial charge in [-0.15, -0.1) is 0 Å². The lowest BCUT2D eigenvalue weighted by molar-refractivity contribution is -0.113. The minimum absolute atomic E-state index is 0.124. The maximum Gasteiger partial charge on any atom is 0.251 e. The van der Waals surface area contributed by atoms with Crippen molar-refractivity contribution in [1.82, 2.24) is 9.97 Å². The average molecular weight is 389 g/mol. The van der Waals surface area contributed by atoms with Gasteiger partial charge in [0.1, 0.15) is 0 Å². The first-order chi connectivity index (χ1) is 9.94. The summed E-state index contributed by atoms with van der Waals surface area (Å²) in [4.78, 5) is 29.9. The Kier molecular flexibility index (Phi) is 5.44. The molecule has 8 heteroatoms. The summed E-state index contributed by atoms with van der Waals surface area (Å²) in [5, 5.41) is 3.57. The molecule has 1 aromatic heterocycles. The van der Waals surface area contributed by atoms with Crippen molar-refractivity contribution in [2.45, 2.75) is 12.1 Å². The Bertz CT molecular complexity index is 736. The molecule has 0 unspecified atom stereocenters. The largest absolute Gasteiger partial charge is 0.324 e. The predicted molar refractivity (Wildman–Crippen MR) is 88.1 cm³/mol. The molecule has 0 fully saturated rings. The number of rotatable bonds is 4. The molecule has 21 heavy (non-hydrogen) atoms. The third-order valence-corrected chi connectivity index (χ3v) is 4.07. The van der Waals surface area contributed by atoms with Crippen molar-refractivity contribution in [1.29, 1.82) is 0 Å². The van der Waals surface area contributed by atoms with Crippen LogP contribution in [0.1, 0.15) is 5.69 Å². The summed E-state index contributed by atoms with van der Waals surface area (Å²) in [7, 11) is 0. The Morgan fingerprint density at radius 3 is 2.90 bits per heavy atom. The molecule has 1 heterocycles. The minimum Gasteiger partial charge on any atom is -0.324 e. The van der Waals surface area contributed by atoms with Crippen LogP contribution in [0.5, 0.6) is 0 Å². The van der Waals surface area contributed by atoms with Crippen LogP contribution in [0.25, 0.3) is 0 Å².